The Labute approximate surface area is 194 Å². The molecule has 1 aliphatic heterocycles. The van der Waals surface area contributed by atoms with E-state index in [9.17, 15) is 9.18 Å². The van der Waals surface area contributed by atoms with Gasteiger partial charge in [0.2, 0.25) is 0 Å². The van der Waals surface area contributed by atoms with Crippen molar-refractivity contribution < 1.29 is 4.39 Å². The molecule has 1 fully saturated rings. The van der Waals surface area contributed by atoms with E-state index >= 15 is 0 Å². The van der Waals surface area contributed by atoms with Crippen molar-refractivity contribution in [2.45, 2.75) is 25.7 Å². The number of fused-ring (bicyclic) bond motifs is 4. The lowest BCUT2D eigenvalue weighted by molar-refractivity contribution is 0.223. The fourth-order valence-electron chi connectivity index (χ4n) is 5.44. The third-order valence-electron chi connectivity index (χ3n) is 7.26. The Hall–Kier alpha value is -3.78. The van der Waals surface area contributed by atoms with Gasteiger partial charge in [0, 0.05) is 27.9 Å². The highest BCUT2D eigenvalue weighted by Gasteiger charge is 2.25. The summed E-state index contributed by atoms with van der Waals surface area (Å²) in [5.74, 6) is -0.0264. The van der Waals surface area contributed by atoms with Crippen molar-refractivity contribution >= 4 is 38.4 Å². The second-order valence-electron chi connectivity index (χ2n) is 8.99. The smallest absolute Gasteiger partial charge is 0.272 e. The fourth-order valence-corrected chi connectivity index (χ4v) is 5.44. The van der Waals surface area contributed by atoms with Crippen LogP contribution in [0.3, 0.4) is 0 Å². The summed E-state index contributed by atoms with van der Waals surface area (Å²) in [6, 6.07) is 9.21. The molecule has 4 N–H and O–H groups in total. The van der Waals surface area contributed by atoms with Crippen LogP contribution in [-0.4, -0.2) is 44.7 Å². The van der Waals surface area contributed by atoms with Crippen molar-refractivity contribution in [2.24, 2.45) is 0 Å². The van der Waals surface area contributed by atoms with Gasteiger partial charge in [-0.2, -0.15) is 5.10 Å². The zero-order chi connectivity index (χ0) is 23.4. The molecule has 0 bridgehead atoms. The van der Waals surface area contributed by atoms with Gasteiger partial charge >= 0.3 is 0 Å². The minimum atomic E-state index is -0.403. The Bertz CT molecular complexity index is 1610. The van der Waals surface area contributed by atoms with E-state index in [-0.39, 0.29) is 16.8 Å². The number of benzene rings is 2. The van der Waals surface area contributed by atoms with Crippen molar-refractivity contribution in [1.82, 2.24) is 25.1 Å². The number of nitrogens with zero attached hydrogens (tertiary/aromatic N) is 3. The summed E-state index contributed by atoms with van der Waals surface area (Å²) in [6.07, 6.45) is 5.42. The summed E-state index contributed by atoms with van der Waals surface area (Å²) in [5.41, 5.74) is 10.2. The Kier molecular flexibility index (Phi) is 4.84. The number of anilines is 1. The molecule has 7 nitrogen and oxygen atoms in total. The van der Waals surface area contributed by atoms with Crippen LogP contribution in [0, 0.1) is 5.82 Å². The molecule has 4 heterocycles. The Morgan fingerprint density at radius 1 is 1.15 bits per heavy atom. The number of nitrogen functional groups attached to an aromatic ring is 1. The summed E-state index contributed by atoms with van der Waals surface area (Å²) in [4.78, 5) is 23.1. The maximum Gasteiger partial charge on any atom is 0.272 e. The summed E-state index contributed by atoms with van der Waals surface area (Å²) in [7, 11) is 0. The van der Waals surface area contributed by atoms with Crippen LogP contribution in [0.5, 0.6) is 0 Å². The van der Waals surface area contributed by atoms with E-state index < -0.39 is 5.82 Å². The van der Waals surface area contributed by atoms with Crippen molar-refractivity contribution in [2.75, 3.05) is 25.4 Å². The standard InChI is InChI=1S/C26H25FN6O/c1-2-33-10-7-14(8-11-33)17-12-18-21(15-5-6-20(27)23-19(15)13-30-32-23)22(28)26(34)31-25(18)24-16(17)4-3-9-29-24/h3-6,9,12-14H,2,7-8,10-11,28H2,1H3,(H,30,32)(H,31,34). The van der Waals surface area contributed by atoms with E-state index in [0.717, 1.165) is 48.8 Å². The third kappa shape index (κ3) is 3.09. The number of hydrogen-bond acceptors (Lipinski definition) is 5. The molecule has 34 heavy (non-hydrogen) atoms. The van der Waals surface area contributed by atoms with E-state index in [1.807, 2.05) is 6.07 Å². The van der Waals surface area contributed by atoms with Crippen molar-refractivity contribution in [3.8, 4) is 11.1 Å². The largest absolute Gasteiger partial charge is 0.394 e. The zero-order valence-corrected chi connectivity index (χ0v) is 18.9. The molecule has 1 aliphatic rings. The van der Waals surface area contributed by atoms with Crippen LogP contribution in [0.25, 0.3) is 43.8 Å². The first-order chi connectivity index (χ1) is 16.6. The number of likely N-dealkylation sites (tertiary alicyclic amines) is 1. The van der Waals surface area contributed by atoms with Gasteiger partial charge in [-0.15, -0.1) is 0 Å². The van der Waals surface area contributed by atoms with Gasteiger partial charge in [-0.05, 0) is 67.7 Å². The fraction of sp³-hybridized carbons (Fsp3) is 0.269. The quantitative estimate of drug-likeness (QED) is 0.346. The van der Waals surface area contributed by atoms with Crippen LogP contribution in [0.15, 0.2) is 47.5 Å². The number of rotatable bonds is 3. The highest BCUT2D eigenvalue weighted by Crippen LogP contribution is 2.41. The molecule has 0 spiro atoms. The molecule has 2 aromatic carbocycles. The molecule has 0 saturated carbocycles. The number of nitrogens with one attached hydrogen (secondary N) is 2. The molecule has 0 amide bonds. The first kappa shape index (κ1) is 20.8. The van der Waals surface area contributed by atoms with Crippen LogP contribution in [0.4, 0.5) is 10.1 Å². The third-order valence-corrected chi connectivity index (χ3v) is 7.26. The molecule has 0 radical (unpaired) electrons. The van der Waals surface area contributed by atoms with Gasteiger partial charge in [0.05, 0.1) is 17.2 Å². The van der Waals surface area contributed by atoms with E-state index in [2.05, 4.69) is 44.1 Å². The molecule has 3 aromatic heterocycles. The normalized spacial score (nSPS) is 15.6. The van der Waals surface area contributed by atoms with Gasteiger partial charge in [0.15, 0.2) is 0 Å². The van der Waals surface area contributed by atoms with Crippen LogP contribution < -0.4 is 11.3 Å². The minimum absolute atomic E-state index is 0.101. The predicted molar refractivity (Wildman–Crippen MR) is 133 cm³/mol. The highest BCUT2D eigenvalue weighted by molar-refractivity contribution is 6.14. The summed E-state index contributed by atoms with van der Waals surface area (Å²) in [6.45, 7) is 5.35. The molecule has 5 aromatic rings. The zero-order valence-electron chi connectivity index (χ0n) is 18.9. The van der Waals surface area contributed by atoms with Crippen molar-refractivity contribution in [3.05, 3.63) is 64.5 Å². The second-order valence-corrected chi connectivity index (χ2v) is 8.99. The number of piperidine rings is 1. The molecule has 8 heteroatoms. The van der Waals surface area contributed by atoms with Gasteiger partial charge in [-0.3, -0.25) is 14.9 Å². The monoisotopic (exact) mass is 456 g/mol. The Balaban J connectivity index is 1.69. The number of H-pyrrole nitrogens is 2. The minimum Gasteiger partial charge on any atom is -0.394 e. The first-order valence-corrected chi connectivity index (χ1v) is 11.6. The molecule has 0 atom stereocenters. The van der Waals surface area contributed by atoms with E-state index in [4.69, 9.17) is 5.73 Å². The number of pyridine rings is 2. The number of aromatic nitrogens is 4. The maximum atomic E-state index is 14.4. The van der Waals surface area contributed by atoms with E-state index in [1.54, 1.807) is 18.5 Å². The number of nitrogens with two attached hydrogens (primary N) is 1. The van der Waals surface area contributed by atoms with E-state index in [0.29, 0.717) is 27.9 Å². The van der Waals surface area contributed by atoms with Crippen molar-refractivity contribution in [3.63, 3.8) is 0 Å². The van der Waals surface area contributed by atoms with Crippen molar-refractivity contribution in [1.29, 1.82) is 0 Å². The lowest BCUT2D eigenvalue weighted by atomic mass is 9.84. The first-order valence-electron chi connectivity index (χ1n) is 11.6. The topological polar surface area (TPSA) is 104 Å². The number of halogens is 1. The molecule has 1 saturated heterocycles. The summed E-state index contributed by atoms with van der Waals surface area (Å²) < 4.78 is 14.4. The molecule has 0 aliphatic carbocycles. The average Bonchev–Trinajstić information content (AvgIpc) is 3.37. The molecular weight excluding hydrogens is 431 g/mol. The Morgan fingerprint density at radius 2 is 1.97 bits per heavy atom. The van der Waals surface area contributed by atoms with Crippen LogP contribution >= 0.6 is 0 Å². The Morgan fingerprint density at radius 3 is 2.76 bits per heavy atom. The highest BCUT2D eigenvalue weighted by atomic mass is 19.1. The molecular formula is C26H25FN6O. The average molecular weight is 457 g/mol. The SMILES string of the molecule is CCN1CCC(c2cc3c(-c4ccc(F)c5[nH]ncc45)c(N)c(=O)[nH]c3c3ncccc23)CC1. The van der Waals surface area contributed by atoms with Crippen LogP contribution in [0.2, 0.25) is 0 Å². The number of hydrogen-bond donors (Lipinski definition) is 3. The predicted octanol–water partition coefficient (Wildman–Crippen LogP) is 4.54. The molecule has 0 unspecified atom stereocenters. The number of aromatic amines is 2. The molecule has 6 rings (SSSR count). The van der Waals surface area contributed by atoms with Gasteiger partial charge in [-0.25, -0.2) is 4.39 Å². The summed E-state index contributed by atoms with van der Waals surface area (Å²) >= 11 is 0. The lowest BCUT2D eigenvalue weighted by Gasteiger charge is -2.32. The maximum absolute atomic E-state index is 14.4. The van der Waals surface area contributed by atoms with Gasteiger partial charge in [0.1, 0.15) is 17.0 Å². The van der Waals surface area contributed by atoms with Gasteiger partial charge in [-0.1, -0.05) is 19.1 Å². The summed E-state index contributed by atoms with van der Waals surface area (Å²) in [5, 5.41) is 9.18. The van der Waals surface area contributed by atoms with Gasteiger partial charge in [0.25, 0.3) is 5.56 Å². The second kappa shape index (κ2) is 7.92. The van der Waals surface area contributed by atoms with Crippen LogP contribution in [-0.2, 0) is 0 Å². The van der Waals surface area contributed by atoms with Crippen LogP contribution in [0.1, 0.15) is 31.2 Å². The lowest BCUT2D eigenvalue weighted by Crippen LogP contribution is -2.32. The van der Waals surface area contributed by atoms with Gasteiger partial charge < -0.3 is 15.6 Å². The molecule has 172 valence electrons. The van der Waals surface area contributed by atoms with E-state index in [1.165, 1.54) is 11.6 Å².